The van der Waals surface area contributed by atoms with Crippen molar-refractivity contribution in [3.05, 3.63) is 78.5 Å². The van der Waals surface area contributed by atoms with Gasteiger partial charge in [-0.1, -0.05) is 31.9 Å². The van der Waals surface area contributed by atoms with Crippen LogP contribution in [-0.4, -0.2) is 51.1 Å². The Hall–Kier alpha value is -3.77. The molecule has 3 aromatic carbocycles. The summed E-state index contributed by atoms with van der Waals surface area (Å²) in [5.74, 6) is 1.32. The van der Waals surface area contributed by atoms with Crippen molar-refractivity contribution in [1.82, 2.24) is 14.7 Å². The minimum Gasteiger partial charge on any atom is -0.508 e. The predicted molar refractivity (Wildman–Crippen MR) is 148 cm³/mol. The van der Waals surface area contributed by atoms with E-state index in [2.05, 4.69) is 24.0 Å². The Kier molecular flexibility index (Phi) is 7.76. The van der Waals surface area contributed by atoms with E-state index in [0.717, 1.165) is 58.9 Å². The summed E-state index contributed by atoms with van der Waals surface area (Å²) >= 11 is 0. The van der Waals surface area contributed by atoms with E-state index in [9.17, 15) is 10.2 Å². The number of likely N-dealkylation sites (tertiary alicyclic amines) is 1. The van der Waals surface area contributed by atoms with Crippen molar-refractivity contribution >= 4 is 0 Å². The molecular weight excluding hydrogens is 462 g/mol. The SMILES string of the molecule is CCCc1c(-c2ccc(OCCN3CCCCC3)cc2)c(-c2ccc(O)cc2)nn1-c1ccc(O)cc1. The van der Waals surface area contributed by atoms with Gasteiger partial charge in [0.05, 0.1) is 11.4 Å². The molecule has 0 unspecified atom stereocenters. The van der Waals surface area contributed by atoms with E-state index in [1.807, 2.05) is 41.1 Å². The van der Waals surface area contributed by atoms with Crippen LogP contribution in [0, 0.1) is 0 Å². The normalized spacial score (nSPS) is 14.1. The number of piperidine rings is 1. The second-order valence-corrected chi connectivity index (χ2v) is 9.67. The summed E-state index contributed by atoms with van der Waals surface area (Å²) in [6.45, 7) is 6.17. The lowest BCUT2D eigenvalue weighted by molar-refractivity contribution is 0.183. The predicted octanol–water partition coefficient (Wildman–Crippen LogP) is 6.43. The third-order valence-corrected chi connectivity index (χ3v) is 6.97. The van der Waals surface area contributed by atoms with Gasteiger partial charge in [-0.3, -0.25) is 4.90 Å². The average molecular weight is 498 g/mol. The van der Waals surface area contributed by atoms with E-state index in [-0.39, 0.29) is 11.5 Å². The summed E-state index contributed by atoms with van der Waals surface area (Å²) in [5.41, 5.74) is 5.93. The first-order valence-electron chi connectivity index (χ1n) is 13.3. The van der Waals surface area contributed by atoms with Gasteiger partial charge in [0.25, 0.3) is 0 Å². The highest BCUT2D eigenvalue weighted by molar-refractivity contribution is 5.83. The summed E-state index contributed by atoms with van der Waals surface area (Å²) in [6.07, 6.45) is 5.72. The van der Waals surface area contributed by atoms with Crippen molar-refractivity contribution in [3.8, 4) is 45.3 Å². The lowest BCUT2D eigenvalue weighted by atomic mass is 9.97. The van der Waals surface area contributed by atoms with Gasteiger partial charge in [-0.05, 0) is 98.6 Å². The van der Waals surface area contributed by atoms with Crippen LogP contribution in [0.25, 0.3) is 28.1 Å². The molecule has 4 aromatic rings. The molecule has 0 bridgehead atoms. The third-order valence-electron chi connectivity index (χ3n) is 6.97. The molecule has 5 rings (SSSR count). The molecule has 2 N–H and O–H groups in total. The van der Waals surface area contributed by atoms with Gasteiger partial charge in [0.1, 0.15) is 29.5 Å². The summed E-state index contributed by atoms with van der Waals surface area (Å²) in [5, 5.41) is 24.7. The van der Waals surface area contributed by atoms with E-state index >= 15 is 0 Å². The minimum absolute atomic E-state index is 0.225. The number of nitrogens with zero attached hydrogens (tertiary/aromatic N) is 3. The Bertz CT molecular complexity index is 1290. The van der Waals surface area contributed by atoms with E-state index < -0.39 is 0 Å². The van der Waals surface area contributed by atoms with Crippen molar-refractivity contribution in [1.29, 1.82) is 0 Å². The molecule has 1 aromatic heterocycles. The van der Waals surface area contributed by atoms with Gasteiger partial charge < -0.3 is 14.9 Å². The number of rotatable bonds is 9. The fourth-order valence-corrected chi connectivity index (χ4v) is 5.05. The monoisotopic (exact) mass is 497 g/mol. The largest absolute Gasteiger partial charge is 0.508 e. The first-order valence-corrected chi connectivity index (χ1v) is 13.3. The maximum Gasteiger partial charge on any atom is 0.119 e. The first kappa shape index (κ1) is 24.9. The van der Waals surface area contributed by atoms with Crippen molar-refractivity contribution < 1.29 is 14.9 Å². The lowest BCUT2D eigenvalue weighted by Crippen LogP contribution is -2.33. The topological polar surface area (TPSA) is 70.8 Å². The Labute approximate surface area is 218 Å². The van der Waals surface area contributed by atoms with Crippen LogP contribution in [0.3, 0.4) is 0 Å². The van der Waals surface area contributed by atoms with Crippen LogP contribution in [-0.2, 0) is 6.42 Å². The van der Waals surface area contributed by atoms with Crippen LogP contribution in [0.1, 0.15) is 38.3 Å². The molecular formula is C31H35N3O3. The highest BCUT2D eigenvalue weighted by atomic mass is 16.5. The molecule has 192 valence electrons. The van der Waals surface area contributed by atoms with Crippen molar-refractivity contribution in [2.45, 2.75) is 39.0 Å². The molecule has 1 aliphatic rings. The van der Waals surface area contributed by atoms with E-state index in [4.69, 9.17) is 9.84 Å². The number of aromatic hydroxyl groups is 2. The number of aromatic nitrogens is 2. The molecule has 1 aliphatic heterocycles. The molecule has 0 aliphatic carbocycles. The smallest absolute Gasteiger partial charge is 0.119 e. The molecule has 37 heavy (non-hydrogen) atoms. The van der Waals surface area contributed by atoms with Gasteiger partial charge >= 0.3 is 0 Å². The van der Waals surface area contributed by atoms with Crippen LogP contribution in [0.2, 0.25) is 0 Å². The zero-order valence-corrected chi connectivity index (χ0v) is 21.4. The fraction of sp³-hybridized carbons (Fsp3) is 0.323. The molecule has 6 heteroatoms. The molecule has 0 radical (unpaired) electrons. The Morgan fingerprint density at radius 1 is 0.784 bits per heavy atom. The number of ether oxygens (including phenoxy) is 1. The van der Waals surface area contributed by atoms with Crippen LogP contribution in [0.4, 0.5) is 0 Å². The number of benzene rings is 3. The second-order valence-electron chi connectivity index (χ2n) is 9.67. The highest BCUT2D eigenvalue weighted by Crippen LogP contribution is 2.38. The molecule has 0 spiro atoms. The lowest BCUT2D eigenvalue weighted by Gasteiger charge is -2.26. The Morgan fingerprint density at radius 3 is 2.05 bits per heavy atom. The third kappa shape index (κ3) is 5.81. The van der Waals surface area contributed by atoms with Crippen LogP contribution in [0.15, 0.2) is 72.8 Å². The quantitative estimate of drug-likeness (QED) is 0.279. The van der Waals surface area contributed by atoms with Crippen molar-refractivity contribution in [3.63, 3.8) is 0 Å². The molecule has 0 atom stereocenters. The Balaban J connectivity index is 1.48. The molecule has 6 nitrogen and oxygen atoms in total. The van der Waals surface area contributed by atoms with Gasteiger partial charge in [-0.2, -0.15) is 5.10 Å². The van der Waals surface area contributed by atoms with E-state index in [1.54, 1.807) is 24.3 Å². The minimum atomic E-state index is 0.225. The second kappa shape index (κ2) is 11.5. The first-order chi connectivity index (χ1) is 18.1. The molecule has 1 saturated heterocycles. The molecule has 2 heterocycles. The molecule has 0 saturated carbocycles. The summed E-state index contributed by atoms with van der Waals surface area (Å²) in [7, 11) is 0. The van der Waals surface area contributed by atoms with Gasteiger partial charge in [0, 0.05) is 17.7 Å². The average Bonchev–Trinajstić information content (AvgIpc) is 3.30. The number of hydrogen-bond donors (Lipinski definition) is 2. The van der Waals surface area contributed by atoms with Gasteiger partial charge in [0.15, 0.2) is 0 Å². The van der Waals surface area contributed by atoms with Crippen LogP contribution >= 0.6 is 0 Å². The van der Waals surface area contributed by atoms with E-state index in [1.165, 1.54) is 32.4 Å². The fourth-order valence-electron chi connectivity index (χ4n) is 5.05. The summed E-state index contributed by atoms with van der Waals surface area (Å²) in [6, 6.07) is 22.6. The van der Waals surface area contributed by atoms with Crippen LogP contribution < -0.4 is 4.74 Å². The van der Waals surface area contributed by atoms with Gasteiger partial charge in [0.2, 0.25) is 0 Å². The standard InChI is InChI=1S/C31H35N3O3/c1-2-6-29-30(23-9-17-28(18-10-23)37-22-21-33-19-4-3-5-20-33)31(24-7-13-26(35)14-8-24)32-34(29)25-11-15-27(36)16-12-25/h7-18,35-36H,2-6,19-22H2,1H3. The number of phenols is 2. The van der Waals surface area contributed by atoms with E-state index in [0.29, 0.717) is 6.61 Å². The summed E-state index contributed by atoms with van der Waals surface area (Å²) < 4.78 is 8.05. The maximum atomic E-state index is 9.86. The van der Waals surface area contributed by atoms with Crippen LogP contribution in [0.5, 0.6) is 17.2 Å². The van der Waals surface area contributed by atoms with Crippen molar-refractivity contribution in [2.75, 3.05) is 26.2 Å². The maximum absolute atomic E-state index is 9.86. The van der Waals surface area contributed by atoms with Crippen molar-refractivity contribution in [2.24, 2.45) is 0 Å². The zero-order chi connectivity index (χ0) is 25.6. The highest BCUT2D eigenvalue weighted by Gasteiger charge is 2.21. The Morgan fingerprint density at radius 2 is 1.41 bits per heavy atom. The van der Waals surface area contributed by atoms with Gasteiger partial charge in [-0.15, -0.1) is 0 Å². The number of phenolic OH excluding ortho intramolecular Hbond substituents is 2. The zero-order valence-electron chi connectivity index (χ0n) is 21.4. The number of hydrogen-bond acceptors (Lipinski definition) is 5. The molecule has 0 amide bonds. The van der Waals surface area contributed by atoms with Gasteiger partial charge in [-0.25, -0.2) is 4.68 Å². The summed E-state index contributed by atoms with van der Waals surface area (Å²) in [4.78, 5) is 2.48. The molecule has 1 fully saturated rings.